The van der Waals surface area contributed by atoms with Crippen LogP contribution in [0.5, 0.6) is 0 Å². The van der Waals surface area contributed by atoms with Crippen molar-refractivity contribution in [3.63, 3.8) is 0 Å². The smallest absolute Gasteiger partial charge is 0.290 e. The van der Waals surface area contributed by atoms with E-state index in [2.05, 4.69) is 4.98 Å². The van der Waals surface area contributed by atoms with Gasteiger partial charge >= 0.3 is 0 Å². The van der Waals surface area contributed by atoms with Crippen LogP contribution in [-0.4, -0.2) is 57.9 Å². The highest BCUT2D eigenvalue weighted by Gasteiger charge is 2.35. The van der Waals surface area contributed by atoms with E-state index < -0.39 is 4.92 Å². The van der Waals surface area contributed by atoms with Gasteiger partial charge in [-0.25, -0.2) is 4.98 Å². The Morgan fingerprint density at radius 1 is 1.39 bits per heavy atom. The molecule has 2 fully saturated rings. The Morgan fingerprint density at radius 3 is 2.78 bits per heavy atom. The van der Waals surface area contributed by atoms with Gasteiger partial charge in [0.2, 0.25) is 5.91 Å². The highest BCUT2D eigenvalue weighted by molar-refractivity contribution is 7.99. The molecule has 3 heterocycles. The number of anilines is 1. The van der Waals surface area contributed by atoms with E-state index in [1.807, 2.05) is 21.6 Å². The van der Waals surface area contributed by atoms with Crippen molar-refractivity contribution in [1.29, 1.82) is 0 Å². The van der Waals surface area contributed by atoms with Crippen LogP contribution < -0.4 is 4.90 Å². The van der Waals surface area contributed by atoms with Crippen molar-refractivity contribution in [2.75, 3.05) is 36.0 Å². The Labute approximate surface area is 139 Å². The molecule has 2 aliphatic heterocycles. The van der Waals surface area contributed by atoms with E-state index in [1.54, 1.807) is 13.0 Å². The number of amides is 1. The monoisotopic (exact) mass is 336 g/mol. The summed E-state index contributed by atoms with van der Waals surface area (Å²) in [5.41, 5.74) is 0.594. The third-order valence-electron chi connectivity index (χ3n) is 4.42. The molecule has 23 heavy (non-hydrogen) atoms. The molecule has 0 bridgehead atoms. The molecule has 124 valence electrons. The Kier molecular flexibility index (Phi) is 4.70. The summed E-state index contributed by atoms with van der Waals surface area (Å²) < 4.78 is 0. The van der Waals surface area contributed by atoms with Crippen LogP contribution >= 0.6 is 11.8 Å². The molecule has 0 aromatic carbocycles. The Balaban J connectivity index is 1.79. The maximum absolute atomic E-state index is 12.8. The summed E-state index contributed by atoms with van der Waals surface area (Å²) in [6.45, 7) is 4.09. The number of rotatable bonds is 3. The lowest BCUT2D eigenvalue weighted by molar-refractivity contribution is -0.385. The molecular weight excluding hydrogens is 316 g/mol. The molecule has 0 saturated carbocycles. The number of carbonyl (C=O) groups is 1. The third kappa shape index (κ3) is 3.26. The van der Waals surface area contributed by atoms with Gasteiger partial charge in [0.15, 0.2) is 0 Å². The Hall–Kier alpha value is -1.83. The van der Waals surface area contributed by atoms with Gasteiger partial charge in [-0.05, 0) is 25.8 Å². The average Bonchev–Trinajstić information content (AvgIpc) is 3.04. The molecule has 0 spiro atoms. The average molecular weight is 336 g/mol. The summed E-state index contributed by atoms with van der Waals surface area (Å²) in [7, 11) is 0. The number of hydrogen-bond donors (Lipinski definition) is 0. The first-order chi connectivity index (χ1) is 11.1. The second-order valence-corrected chi connectivity index (χ2v) is 7.10. The highest BCUT2D eigenvalue weighted by atomic mass is 32.2. The molecule has 3 rings (SSSR count). The number of thioether (sulfide) groups is 1. The number of carbonyl (C=O) groups excluding carboxylic acids is 1. The lowest BCUT2D eigenvalue weighted by Crippen LogP contribution is -2.48. The van der Waals surface area contributed by atoms with E-state index in [0.29, 0.717) is 11.4 Å². The van der Waals surface area contributed by atoms with E-state index >= 15 is 0 Å². The van der Waals surface area contributed by atoms with Crippen LogP contribution in [0.15, 0.2) is 12.3 Å². The maximum Gasteiger partial charge on any atom is 0.290 e. The first-order valence-electron chi connectivity index (χ1n) is 7.82. The maximum atomic E-state index is 12.8. The van der Waals surface area contributed by atoms with Crippen LogP contribution in [0.2, 0.25) is 0 Å². The van der Waals surface area contributed by atoms with Gasteiger partial charge in [0.25, 0.3) is 5.69 Å². The first kappa shape index (κ1) is 16.0. The molecule has 1 unspecified atom stereocenters. The number of nitrogens with zero attached hydrogens (tertiary/aromatic N) is 4. The van der Waals surface area contributed by atoms with Crippen molar-refractivity contribution < 1.29 is 9.72 Å². The molecular formula is C15H20N4O3S. The molecule has 1 aromatic heterocycles. The number of pyridine rings is 1. The fourth-order valence-electron chi connectivity index (χ4n) is 3.17. The van der Waals surface area contributed by atoms with Gasteiger partial charge in [-0.2, -0.15) is 11.8 Å². The topological polar surface area (TPSA) is 79.6 Å². The molecule has 1 amide bonds. The normalized spacial score (nSPS) is 21.5. The quantitative estimate of drug-likeness (QED) is 0.619. The minimum absolute atomic E-state index is 0.0175. The molecule has 0 radical (unpaired) electrons. The SMILES string of the molecule is Cc1cc(N2CCCC2C(=O)N2CCSCC2)ncc1[N+](=O)[O-]. The summed E-state index contributed by atoms with van der Waals surface area (Å²) in [5.74, 6) is 2.82. The van der Waals surface area contributed by atoms with E-state index in [-0.39, 0.29) is 17.6 Å². The Bertz CT molecular complexity index is 619. The molecule has 2 aliphatic rings. The van der Waals surface area contributed by atoms with Crippen LogP contribution in [0.4, 0.5) is 11.5 Å². The highest BCUT2D eigenvalue weighted by Crippen LogP contribution is 2.28. The van der Waals surface area contributed by atoms with Crippen molar-refractivity contribution in [2.45, 2.75) is 25.8 Å². The van der Waals surface area contributed by atoms with Crippen LogP contribution in [0.25, 0.3) is 0 Å². The fourth-order valence-corrected chi connectivity index (χ4v) is 4.08. The predicted octanol–water partition coefficient (Wildman–Crippen LogP) is 1.84. The van der Waals surface area contributed by atoms with Crippen LogP contribution in [-0.2, 0) is 4.79 Å². The van der Waals surface area contributed by atoms with E-state index in [1.165, 1.54) is 6.20 Å². The minimum Gasteiger partial charge on any atom is -0.345 e. The number of hydrogen-bond acceptors (Lipinski definition) is 6. The second kappa shape index (κ2) is 6.74. The van der Waals surface area contributed by atoms with Gasteiger partial charge in [0.05, 0.1) is 4.92 Å². The molecule has 1 atom stereocenters. The molecule has 2 saturated heterocycles. The van der Waals surface area contributed by atoms with E-state index in [4.69, 9.17) is 0 Å². The van der Waals surface area contributed by atoms with E-state index in [9.17, 15) is 14.9 Å². The Morgan fingerprint density at radius 2 is 2.13 bits per heavy atom. The van der Waals surface area contributed by atoms with Gasteiger partial charge < -0.3 is 9.80 Å². The van der Waals surface area contributed by atoms with Gasteiger partial charge in [0, 0.05) is 36.7 Å². The summed E-state index contributed by atoms with van der Waals surface area (Å²) in [6, 6.07) is 1.53. The third-order valence-corrected chi connectivity index (χ3v) is 5.36. The summed E-state index contributed by atoms with van der Waals surface area (Å²) in [6.07, 6.45) is 3.05. The van der Waals surface area contributed by atoms with Gasteiger partial charge in [-0.15, -0.1) is 0 Å². The zero-order valence-corrected chi connectivity index (χ0v) is 13.9. The minimum atomic E-state index is -0.426. The molecule has 7 nitrogen and oxygen atoms in total. The fraction of sp³-hybridized carbons (Fsp3) is 0.600. The lowest BCUT2D eigenvalue weighted by atomic mass is 10.1. The van der Waals surface area contributed by atoms with Crippen LogP contribution in [0.1, 0.15) is 18.4 Å². The van der Waals surface area contributed by atoms with Crippen molar-refractivity contribution in [1.82, 2.24) is 9.88 Å². The van der Waals surface area contributed by atoms with Gasteiger partial charge in [-0.3, -0.25) is 14.9 Å². The molecule has 8 heteroatoms. The number of nitro groups is 1. The first-order valence-corrected chi connectivity index (χ1v) is 8.97. The predicted molar refractivity (Wildman–Crippen MR) is 89.9 cm³/mol. The zero-order valence-electron chi connectivity index (χ0n) is 13.1. The van der Waals surface area contributed by atoms with Crippen molar-refractivity contribution in [3.8, 4) is 0 Å². The van der Waals surface area contributed by atoms with Crippen molar-refractivity contribution in [3.05, 3.63) is 27.9 Å². The standard InChI is InChI=1S/C15H20N4O3S/c1-11-9-14(16-10-13(11)19(21)22)18-4-2-3-12(18)15(20)17-5-7-23-8-6-17/h9-10,12H,2-8H2,1H3. The lowest BCUT2D eigenvalue weighted by Gasteiger charge is -2.32. The van der Waals surface area contributed by atoms with Crippen molar-refractivity contribution >= 4 is 29.2 Å². The summed E-state index contributed by atoms with van der Waals surface area (Å²) in [5, 5.41) is 10.9. The molecule has 0 N–H and O–H groups in total. The van der Waals surface area contributed by atoms with Crippen molar-refractivity contribution in [2.24, 2.45) is 0 Å². The number of aromatic nitrogens is 1. The second-order valence-electron chi connectivity index (χ2n) is 5.88. The van der Waals surface area contributed by atoms with Crippen LogP contribution in [0, 0.1) is 17.0 Å². The molecule has 0 aliphatic carbocycles. The zero-order chi connectivity index (χ0) is 16.4. The van der Waals surface area contributed by atoms with Crippen LogP contribution in [0.3, 0.4) is 0 Å². The summed E-state index contributed by atoms with van der Waals surface area (Å²) in [4.78, 5) is 31.5. The van der Waals surface area contributed by atoms with Gasteiger partial charge in [-0.1, -0.05) is 0 Å². The van der Waals surface area contributed by atoms with E-state index in [0.717, 1.165) is 44.0 Å². The van der Waals surface area contributed by atoms with Gasteiger partial charge in [0.1, 0.15) is 18.1 Å². The largest absolute Gasteiger partial charge is 0.345 e. The summed E-state index contributed by atoms with van der Waals surface area (Å²) >= 11 is 1.88. The molecule has 1 aromatic rings. The number of aryl methyl sites for hydroxylation is 1.